The molecule has 136 valence electrons. The lowest BCUT2D eigenvalue weighted by molar-refractivity contribution is 0.102. The Kier molecular flexibility index (Phi) is 4.37. The Morgan fingerprint density at radius 2 is 2.00 bits per heavy atom. The van der Waals surface area contributed by atoms with E-state index in [-0.39, 0.29) is 11.5 Å². The van der Waals surface area contributed by atoms with Crippen LogP contribution in [0.5, 0.6) is 5.75 Å². The molecule has 2 heterocycles. The van der Waals surface area contributed by atoms with Crippen LogP contribution in [0.1, 0.15) is 27.8 Å². The van der Waals surface area contributed by atoms with Crippen LogP contribution < -0.4 is 15.4 Å². The molecule has 0 aliphatic carbocycles. The van der Waals surface area contributed by atoms with Crippen molar-refractivity contribution in [1.82, 2.24) is 10.2 Å². The van der Waals surface area contributed by atoms with Crippen molar-refractivity contribution in [2.24, 2.45) is 0 Å². The lowest BCUT2D eigenvalue weighted by Crippen LogP contribution is -2.14. The summed E-state index contributed by atoms with van der Waals surface area (Å²) in [5.41, 5.74) is 1.60. The van der Waals surface area contributed by atoms with Gasteiger partial charge in [-0.25, -0.2) is 4.39 Å². The molecule has 1 aliphatic heterocycles. The van der Waals surface area contributed by atoms with E-state index in [9.17, 15) is 9.18 Å². The molecule has 4 rings (SSSR count). The van der Waals surface area contributed by atoms with Crippen LogP contribution in [0.2, 0.25) is 5.02 Å². The number of carbonyl (C=O) groups excluding carboxylic acids is 1. The first-order valence-corrected chi connectivity index (χ1v) is 8.52. The van der Waals surface area contributed by atoms with Crippen molar-refractivity contribution >= 4 is 29.0 Å². The molecule has 0 fully saturated rings. The monoisotopic (exact) mass is 384 g/mol. The van der Waals surface area contributed by atoms with Crippen LogP contribution in [-0.2, 0) is 0 Å². The summed E-state index contributed by atoms with van der Waals surface area (Å²) >= 11 is 6.21. The van der Waals surface area contributed by atoms with Crippen LogP contribution >= 0.6 is 11.6 Å². The first-order chi connectivity index (χ1) is 13.0. The second kappa shape index (κ2) is 6.85. The number of carbonyl (C=O) groups is 1. The number of nitrogens with zero attached hydrogens (tertiary/aromatic N) is 2. The fraction of sp³-hybridized carbons (Fsp3) is 0.105. The van der Waals surface area contributed by atoms with Crippen LogP contribution in [0.25, 0.3) is 0 Å². The molecule has 0 saturated heterocycles. The predicted octanol–water partition coefficient (Wildman–Crippen LogP) is 4.33. The zero-order chi connectivity index (χ0) is 19.0. The first kappa shape index (κ1) is 17.2. The molecule has 8 heteroatoms. The van der Waals surface area contributed by atoms with Gasteiger partial charge in [0.2, 0.25) is 0 Å². The van der Waals surface area contributed by atoms with Gasteiger partial charge >= 0.3 is 0 Å². The molecule has 2 aromatic carbocycles. The van der Waals surface area contributed by atoms with E-state index in [1.807, 2.05) is 18.2 Å². The Morgan fingerprint density at radius 3 is 2.78 bits per heavy atom. The Labute approximate surface area is 159 Å². The molecule has 0 bridgehead atoms. The number of anilines is 2. The molecule has 1 aromatic heterocycles. The highest BCUT2D eigenvalue weighted by molar-refractivity contribution is 6.31. The van der Waals surface area contributed by atoms with E-state index in [0.29, 0.717) is 33.4 Å². The van der Waals surface area contributed by atoms with Crippen molar-refractivity contribution in [1.29, 1.82) is 0 Å². The van der Waals surface area contributed by atoms with Gasteiger partial charge in [0.05, 0.1) is 0 Å². The van der Waals surface area contributed by atoms with Crippen molar-refractivity contribution in [2.75, 3.05) is 10.6 Å². The number of fused-ring (bicyclic) bond motifs is 1. The Balaban J connectivity index is 1.57. The van der Waals surface area contributed by atoms with Gasteiger partial charge in [-0.05, 0) is 36.8 Å². The predicted molar refractivity (Wildman–Crippen MR) is 99.6 cm³/mol. The minimum Gasteiger partial charge on any atom is -0.462 e. The van der Waals surface area contributed by atoms with Gasteiger partial charge < -0.3 is 15.4 Å². The molecule has 0 radical (unpaired) electrons. The summed E-state index contributed by atoms with van der Waals surface area (Å²) in [6, 6.07) is 13.3. The topological polar surface area (TPSA) is 76.1 Å². The minimum atomic E-state index is -0.718. The van der Waals surface area contributed by atoms with E-state index in [1.165, 1.54) is 18.2 Å². The molecule has 2 N–H and O–H groups in total. The molecular formula is C19H14ClFN4O2. The van der Waals surface area contributed by atoms with E-state index in [2.05, 4.69) is 20.8 Å². The molecule has 1 atom stereocenters. The van der Waals surface area contributed by atoms with Gasteiger partial charge in [0.1, 0.15) is 5.82 Å². The molecule has 1 unspecified atom stereocenters. The van der Waals surface area contributed by atoms with Crippen LogP contribution in [-0.4, -0.2) is 16.1 Å². The van der Waals surface area contributed by atoms with Gasteiger partial charge in [-0.3, -0.25) is 4.79 Å². The van der Waals surface area contributed by atoms with E-state index < -0.39 is 12.1 Å². The number of rotatable bonds is 3. The van der Waals surface area contributed by atoms with E-state index in [4.69, 9.17) is 16.3 Å². The van der Waals surface area contributed by atoms with Gasteiger partial charge in [0.15, 0.2) is 23.5 Å². The summed E-state index contributed by atoms with van der Waals surface area (Å²) in [4.78, 5) is 12.4. The highest BCUT2D eigenvalue weighted by Crippen LogP contribution is 2.39. The summed E-state index contributed by atoms with van der Waals surface area (Å²) in [6.07, 6.45) is -0.718. The van der Waals surface area contributed by atoms with E-state index in [0.717, 1.165) is 0 Å². The number of hydrogen-bond acceptors (Lipinski definition) is 5. The number of hydrogen-bond donors (Lipinski definition) is 2. The fourth-order valence-electron chi connectivity index (χ4n) is 2.79. The van der Waals surface area contributed by atoms with Crippen LogP contribution in [0.3, 0.4) is 0 Å². The highest BCUT2D eigenvalue weighted by atomic mass is 35.5. The average molecular weight is 385 g/mol. The second-order valence-electron chi connectivity index (χ2n) is 5.97. The maximum Gasteiger partial charge on any atom is 0.276 e. The summed E-state index contributed by atoms with van der Waals surface area (Å²) in [5.74, 6) is -0.0998. The van der Waals surface area contributed by atoms with Crippen LogP contribution in [0, 0.1) is 12.7 Å². The molecule has 3 aromatic rings. The zero-order valence-corrected chi connectivity index (χ0v) is 14.9. The van der Waals surface area contributed by atoms with E-state index in [1.54, 1.807) is 19.1 Å². The number of aromatic nitrogens is 2. The fourth-order valence-corrected chi connectivity index (χ4v) is 3.10. The third-order valence-corrected chi connectivity index (χ3v) is 4.52. The largest absolute Gasteiger partial charge is 0.462 e. The van der Waals surface area contributed by atoms with Gasteiger partial charge in [0, 0.05) is 22.3 Å². The maximum absolute atomic E-state index is 13.9. The van der Waals surface area contributed by atoms with Gasteiger partial charge in [-0.15, -0.1) is 10.2 Å². The number of halogens is 2. The first-order valence-electron chi connectivity index (χ1n) is 8.15. The Hall–Kier alpha value is -3.19. The molecule has 1 aliphatic rings. The van der Waals surface area contributed by atoms with Crippen LogP contribution in [0.15, 0.2) is 48.5 Å². The third-order valence-electron chi connectivity index (χ3n) is 4.19. The third kappa shape index (κ3) is 3.29. The summed E-state index contributed by atoms with van der Waals surface area (Å²) in [7, 11) is 0. The molecule has 0 saturated carbocycles. The SMILES string of the molecule is Cc1c(F)ccc(Cl)c1C1Nc2nnc(C(=O)Nc3ccccc3)cc2O1. The van der Waals surface area contributed by atoms with Crippen molar-refractivity contribution in [2.45, 2.75) is 13.2 Å². The number of benzene rings is 2. The molecule has 6 nitrogen and oxygen atoms in total. The lowest BCUT2D eigenvalue weighted by Gasteiger charge is -2.16. The van der Waals surface area contributed by atoms with Gasteiger partial charge in [0.25, 0.3) is 5.91 Å². The van der Waals surface area contributed by atoms with Crippen LogP contribution in [0.4, 0.5) is 15.9 Å². The lowest BCUT2D eigenvalue weighted by atomic mass is 10.1. The van der Waals surface area contributed by atoms with E-state index >= 15 is 0 Å². The highest BCUT2D eigenvalue weighted by Gasteiger charge is 2.30. The number of amides is 1. The average Bonchev–Trinajstić information content (AvgIpc) is 3.08. The second-order valence-corrected chi connectivity index (χ2v) is 6.38. The number of nitrogens with one attached hydrogen (secondary N) is 2. The van der Waals surface area contributed by atoms with Gasteiger partial charge in [-0.2, -0.15) is 0 Å². The quantitative estimate of drug-likeness (QED) is 0.702. The summed E-state index contributed by atoms with van der Waals surface area (Å²) < 4.78 is 19.7. The molecule has 0 spiro atoms. The Bertz CT molecular complexity index is 1030. The summed E-state index contributed by atoms with van der Waals surface area (Å²) in [6.45, 7) is 1.62. The maximum atomic E-state index is 13.9. The van der Waals surface area contributed by atoms with Crippen molar-refractivity contribution in [3.05, 3.63) is 76.2 Å². The molecule has 27 heavy (non-hydrogen) atoms. The normalized spacial score (nSPS) is 14.9. The van der Waals surface area contributed by atoms with Crippen molar-refractivity contribution in [3.8, 4) is 5.75 Å². The molecular weight excluding hydrogens is 371 g/mol. The standard InChI is InChI=1S/C19H14ClFN4O2/c1-10-13(21)8-7-12(20)16(10)19-23-17-15(27-19)9-14(24-25-17)18(26)22-11-5-3-2-4-6-11/h2-9,19H,1H3,(H,22,26)(H,23,25). The molecule has 1 amide bonds. The number of para-hydroxylation sites is 1. The van der Waals surface area contributed by atoms with Crippen molar-refractivity contribution in [3.63, 3.8) is 0 Å². The van der Waals surface area contributed by atoms with Gasteiger partial charge in [-0.1, -0.05) is 29.8 Å². The smallest absolute Gasteiger partial charge is 0.276 e. The van der Waals surface area contributed by atoms with Crippen molar-refractivity contribution < 1.29 is 13.9 Å². The number of ether oxygens (including phenoxy) is 1. The summed E-state index contributed by atoms with van der Waals surface area (Å²) in [5, 5.41) is 14.0. The minimum absolute atomic E-state index is 0.0992. The zero-order valence-electron chi connectivity index (χ0n) is 14.2. The Morgan fingerprint density at radius 1 is 1.22 bits per heavy atom.